The van der Waals surface area contributed by atoms with Crippen LogP contribution in [0.2, 0.25) is 0 Å². The fourth-order valence-electron chi connectivity index (χ4n) is 2.00. The summed E-state index contributed by atoms with van der Waals surface area (Å²) in [5.41, 5.74) is 0.143. The van der Waals surface area contributed by atoms with Crippen molar-refractivity contribution in [2.45, 2.75) is 59.5 Å². The number of hydrogen-bond donors (Lipinski definition) is 2. The lowest BCUT2D eigenvalue weighted by Gasteiger charge is -2.31. The topological polar surface area (TPSA) is 49.3 Å². The summed E-state index contributed by atoms with van der Waals surface area (Å²) in [6.45, 7) is 9.47. The number of aliphatic hydroxyl groups is 1. The number of amides is 1. The molecule has 3 heteroatoms. The van der Waals surface area contributed by atoms with Gasteiger partial charge in [0, 0.05) is 12.5 Å². The van der Waals surface area contributed by atoms with Gasteiger partial charge >= 0.3 is 0 Å². The number of aliphatic hydroxyl groups excluding tert-OH is 1. The Morgan fingerprint density at radius 1 is 1.29 bits per heavy atom. The highest BCUT2D eigenvalue weighted by atomic mass is 16.3. The second kappa shape index (κ2) is 5.85. The first-order valence-corrected chi connectivity index (χ1v) is 6.78. The van der Waals surface area contributed by atoms with Gasteiger partial charge in [-0.15, -0.1) is 0 Å². The van der Waals surface area contributed by atoms with Crippen molar-refractivity contribution in [2.75, 3.05) is 6.54 Å². The average molecular weight is 241 g/mol. The summed E-state index contributed by atoms with van der Waals surface area (Å²) < 4.78 is 0. The maximum atomic E-state index is 12.0. The SMILES string of the molecule is CC(C)C(C)(C)CNC(=O)C1CCC(O)CC1. The predicted octanol–water partition coefficient (Wildman–Crippen LogP) is 2.34. The highest BCUT2D eigenvalue weighted by Gasteiger charge is 2.27. The van der Waals surface area contributed by atoms with Crippen molar-refractivity contribution in [1.29, 1.82) is 0 Å². The van der Waals surface area contributed by atoms with Gasteiger partial charge in [-0.2, -0.15) is 0 Å². The van der Waals surface area contributed by atoms with Gasteiger partial charge in [-0.05, 0) is 37.0 Å². The van der Waals surface area contributed by atoms with Gasteiger partial charge in [-0.1, -0.05) is 27.7 Å². The Balaban J connectivity index is 2.35. The van der Waals surface area contributed by atoms with Crippen LogP contribution in [0.4, 0.5) is 0 Å². The smallest absolute Gasteiger partial charge is 0.223 e. The predicted molar refractivity (Wildman–Crippen MR) is 69.6 cm³/mol. The van der Waals surface area contributed by atoms with Gasteiger partial charge in [0.15, 0.2) is 0 Å². The third kappa shape index (κ3) is 4.30. The monoisotopic (exact) mass is 241 g/mol. The molecule has 0 aromatic carbocycles. The fourth-order valence-corrected chi connectivity index (χ4v) is 2.00. The lowest BCUT2D eigenvalue weighted by Crippen LogP contribution is -2.41. The summed E-state index contributed by atoms with van der Waals surface area (Å²) in [6.07, 6.45) is 3.01. The first kappa shape index (κ1) is 14.5. The summed E-state index contributed by atoms with van der Waals surface area (Å²) >= 11 is 0. The van der Waals surface area contributed by atoms with Crippen molar-refractivity contribution in [3.63, 3.8) is 0 Å². The molecule has 0 spiro atoms. The van der Waals surface area contributed by atoms with Crippen molar-refractivity contribution < 1.29 is 9.90 Å². The Labute approximate surface area is 105 Å². The van der Waals surface area contributed by atoms with Gasteiger partial charge in [-0.3, -0.25) is 4.79 Å². The summed E-state index contributed by atoms with van der Waals surface area (Å²) in [5.74, 6) is 0.836. The molecule has 17 heavy (non-hydrogen) atoms. The van der Waals surface area contributed by atoms with Crippen LogP contribution < -0.4 is 5.32 Å². The number of carbonyl (C=O) groups is 1. The van der Waals surface area contributed by atoms with Gasteiger partial charge in [0.1, 0.15) is 0 Å². The molecule has 0 aromatic rings. The molecule has 1 rings (SSSR count). The molecule has 0 bridgehead atoms. The largest absolute Gasteiger partial charge is 0.393 e. The van der Waals surface area contributed by atoms with Crippen LogP contribution in [0, 0.1) is 17.3 Å². The molecule has 1 fully saturated rings. The van der Waals surface area contributed by atoms with Crippen molar-refractivity contribution >= 4 is 5.91 Å². The molecule has 1 aliphatic rings. The zero-order chi connectivity index (χ0) is 13.1. The van der Waals surface area contributed by atoms with E-state index in [1.165, 1.54) is 0 Å². The van der Waals surface area contributed by atoms with Gasteiger partial charge in [0.25, 0.3) is 0 Å². The first-order chi connectivity index (χ1) is 7.83. The number of carbonyl (C=O) groups excluding carboxylic acids is 1. The molecule has 0 unspecified atom stereocenters. The van der Waals surface area contributed by atoms with E-state index >= 15 is 0 Å². The van der Waals surface area contributed by atoms with Crippen LogP contribution in [0.5, 0.6) is 0 Å². The third-order valence-electron chi connectivity index (χ3n) is 4.35. The maximum absolute atomic E-state index is 12.0. The Bertz CT molecular complexity index is 253. The van der Waals surface area contributed by atoms with Gasteiger partial charge in [0.2, 0.25) is 5.91 Å². The minimum absolute atomic E-state index is 0.112. The third-order valence-corrected chi connectivity index (χ3v) is 4.35. The number of rotatable bonds is 4. The van der Waals surface area contributed by atoms with Gasteiger partial charge in [0.05, 0.1) is 6.10 Å². The second-order valence-corrected chi connectivity index (χ2v) is 6.37. The average Bonchev–Trinajstić information content (AvgIpc) is 2.27. The minimum atomic E-state index is -0.189. The van der Waals surface area contributed by atoms with E-state index in [9.17, 15) is 9.90 Å². The highest BCUT2D eigenvalue weighted by molar-refractivity contribution is 5.78. The number of hydrogen-bond acceptors (Lipinski definition) is 2. The molecule has 0 aromatic heterocycles. The first-order valence-electron chi connectivity index (χ1n) is 6.78. The van der Waals surface area contributed by atoms with E-state index in [2.05, 4.69) is 33.0 Å². The molecule has 0 saturated heterocycles. The van der Waals surface area contributed by atoms with Crippen molar-refractivity contribution in [2.24, 2.45) is 17.3 Å². The van der Waals surface area contributed by atoms with E-state index in [4.69, 9.17) is 0 Å². The van der Waals surface area contributed by atoms with Crippen molar-refractivity contribution in [3.05, 3.63) is 0 Å². The quantitative estimate of drug-likeness (QED) is 0.793. The molecule has 3 nitrogen and oxygen atoms in total. The molecular formula is C14H27NO2. The van der Waals surface area contributed by atoms with Crippen molar-refractivity contribution in [1.82, 2.24) is 5.32 Å². The van der Waals surface area contributed by atoms with Gasteiger partial charge in [-0.25, -0.2) is 0 Å². The van der Waals surface area contributed by atoms with Crippen LogP contribution in [0.1, 0.15) is 53.4 Å². The Hall–Kier alpha value is -0.570. The van der Waals surface area contributed by atoms with Crippen LogP contribution in [-0.4, -0.2) is 23.7 Å². The van der Waals surface area contributed by atoms with Crippen molar-refractivity contribution in [3.8, 4) is 0 Å². The summed E-state index contributed by atoms with van der Waals surface area (Å²) in [4.78, 5) is 12.0. The molecule has 100 valence electrons. The molecule has 0 atom stereocenters. The van der Waals surface area contributed by atoms with E-state index in [1.807, 2.05) is 0 Å². The van der Waals surface area contributed by atoms with Crippen LogP contribution in [-0.2, 0) is 4.79 Å². The van der Waals surface area contributed by atoms with Crippen LogP contribution in [0.25, 0.3) is 0 Å². The summed E-state index contributed by atoms with van der Waals surface area (Å²) in [7, 11) is 0. The normalized spacial score (nSPS) is 26.0. The lowest BCUT2D eigenvalue weighted by molar-refractivity contribution is -0.127. The summed E-state index contributed by atoms with van der Waals surface area (Å²) in [5, 5.41) is 12.5. The van der Waals surface area contributed by atoms with E-state index < -0.39 is 0 Å². The highest BCUT2D eigenvalue weighted by Crippen LogP contribution is 2.27. The lowest BCUT2D eigenvalue weighted by atomic mass is 9.80. The van der Waals surface area contributed by atoms with Crippen LogP contribution in [0.15, 0.2) is 0 Å². The molecule has 1 aliphatic carbocycles. The number of nitrogens with one attached hydrogen (secondary N) is 1. The molecular weight excluding hydrogens is 214 g/mol. The van der Waals surface area contributed by atoms with E-state index in [-0.39, 0.29) is 23.3 Å². The Morgan fingerprint density at radius 3 is 2.29 bits per heavy atom. The zero-order valence-electron chi connectivity index (χ0n) is 11.6. The van der Waals surface area contributed by atoms with E-state index in [0.717, 1.165) is 32.2 Å². The second-order valence-electron chi connectivity index (χ2n) is 6.37. The van der Waals surface area contributed by atoms with Crippen LogP contribution in [0.3, 0.4) is 0 Å². The molecule has 0 heterocycles. The van der Waals surface area contributed by atoms with Gasteiger partial charge < -0.3 is 10.4 Å². The Morgan fingerprint density at radius 2 is 1.82 bits per heavy atom. The Kier molecular flexibility index (Phi) is 4.99. The standard InChI is InChI=1S/C14H27NO2/c1-10(2)14(3,4)9-15-13(17)11-5-7-12(16)8-6-11/h10-12,16H,5-9H2,1-4H3,(H,15,17). The fraction of sp³-hybridized carbons (Fsp3) is 0.929. The minimum Gasteiger partial charge on any atom is -0.393 e. The van der Waals surface area contributed by atoms with E-state index in [0.29, 0.717) is 5.92 Å². The summed E-state index contributed by atoms with van der Waals surface area (Å²) in [6, 6.07) is 0. The molecule has 1 saturated carbocycles. The molecule has 2 N–H and O–H groups in total. The van der Waals surface area contributed by atoms with E-state index in [1.54, 1.807) is 0 Å². The maximum Gasteiger partial charge on any atom is 0.223 e. The zero-order valence-corrected chi connectivity index (χ0v) is 11.6. The van der Waals surface area contributed by atoms with Crippen LogP contribution >= 0.6 is 0 Å². The molecule has 1 amide bonds. The molecule has 0 aliphatic heterocycles. The molecule has 0 radical (unpaired) electrons.